The van der Waals surface area contributed by atoms with Crippen molar-refractivity contribution >= 4 is 15.9 Å². The van der Waals surface area contributed by atoms with Gasteiger partial charge in [0.1, 0.15) is 0 Å². The lowest BCUT2D eigenvalue weighted by atomic mass is 10.1. The summed E-state index contributed by atoms with van der Waals surface area (Å²) in [6.07, 6.45) is 0.124. The molecule has 112 valence electrons. The van der Waals surface area contributed by atoms with E-state index in [1.54, 1.807) is 25.1 Å². The number of hydrogen-bond acceptors (Lipinski definition) is 4. The molecule has 1 atom stereocenters. The summed E-state index contributed by atoms with van der Waals surface area (Å²) in [4.78, 5) is 11.4. The maximum absolute atomic E-state index is 12.4. The summed E-state index contributed by atoms with van der Waals surface area (Å²) in [5, 5.41) is 2.46. The van der Waals surface area contributed by atoms with Crippen molar-refractivity contribution in [3.05, 3.63) is 29.8 Å². The fourth-order valence-electron chi connectivity index (χ4n) is 1.64. The summed E-state index contributed by atoms with van der Waals surface area (Å²) < 4.78 is 25.9. The number of nitrogens with one attached hydrogen (secondary N) is 1. The predicted molar refractivity (Wildman–Crippen MR) is 77.5 cm³/mol. The first-order valence-electron chi connectivity index (χ1n) is 6.31. The Balaban J connectivity index is 2.92. The standard InChI is InChI=1S/C13H21N3O3S/c1-10(14)11-5-4-6-12(9-11)20(18,19)16(3)8-7-13(17)15-2/h4-6,9-10H,7-8,14H2,1-3H3,(H,15,17). The van der Waals surface area contributed by atoms with Gasteiger partial charge in [0.2, 0.25) is 15.9 Å². The number of rotatable bonds is 6. The molecule has 0 fully saturated rings. The number of hydrogen-bond donors (Lipinski definition) is 2. The average Bonchev–Trinajstić information content (AvgIpc) is 2.44. The van der Waals surface area contributed by atoms with E-state index in [0.717, 1.165) is 5.56 Å². The van der Waals surface area contributed by atoms with E-state index in [1.807, 2.05) is 0 Å². The maximum Gasteiger partial charge on any atom is 0.242 e. The molecule has 1 aromatic carbocycles. The number of amides is 1. The molecule has 1 unspecified atom stereocenters. The molecule has 0 radical (unpaired) electrons. The molecule has 0 bridgehead atoms. The molecule has 1 rings (SSSR count). The first-order chi connectivity index (χ1) is 9.28. The van der Waals surface area contributed by atoms with Gasteiger partial charge in [-0.05, 0) is 24.6 Å². The Morgan fingerprint density at radius 2 is 2.10 bits per heavy atom. The molecule has 0 aliphatic carbocycles. The van der Waals surface area contributed by atoms with E-state index in [9.17, 15) is 13.2 Å². The quantitative estimate of drug-likeness (QED) is 0.798. The van der Waals surface area contributed by atoms with Gasteiger partial charge < -0.3 is 11.1 Å². The van der Waals surface area contributed by atoms with Crippen LogP contribution in [0.15, 0.2) is 29.2 Å². The third-order valence-corrected chi connectivity index (χ3v) is 4.88. The SMILES string of the molecule is CNC(=O)CCN(C)S(=O)(=O)c1cccc(C(C)N)c1. The lowest BCUT2D eigenvalue weighted by Gasteiger charge is -2.17. The normalized spacial score (nSPS) is 13.2. The van der Waals surface area contributed by atoms with Crippen molar-refractivity contribution in [3.8, 4) is 0 Å². The molecule has 0 saturated heterocycles. The second-order valence-corrected chi connectivity index (χ2v) is 6.66. The molecule has 20 heavy (non-hydrogen) atoms. The highest BCUT2D eigenvalue weighted by Gasteiger charge is 2.21. The van der Waals surface area contributed by atoms with Crippen LogP contribution in [-0.4, -0.2) is 39.3 Å². The maximum atomic E-state index is 12.4. The molecule has 0 saturated carbocycles. The van der Waals surface area contributed by atoms with E-state index in [0.29, 0.717) is 0 Å². The van der Waals surface area contributed by atoms with Gasteiger partial charge in [0, 0.05) is 33.1 Å². The van der Waals surface area contributed by atoms with Crippen LogP contribution in [-0.2, 0) is 14.8 Å². The highest BCUT2D eigenvalue weighted by molar-refractivity contribution is 7.89. The lowest BCUT2D eigenvalue weighted by Crippen LogP contribution is -2.31. The third kappa shape index (κ3) is 4.03. The molecule has 0 spiro atoms. The van der Waals surface area contributed by atoms with Gasteiger partial charge in [0.25, 0.3) is 0 Å². The molecule has 0 aliphatic rings. The van der Waals surface area contributed by atoms with Crippen molar-refractivity contribution in [3.63, 3.8) is 0 Å². The average molecular weight is 299 g/mol. The van der Waals surface area contributed by atoms with Gasteiger partial charge in [-0.25, -0.2) is 12.7 Å². The summed E-state index contributed by atoms with van der Waals surface area (Å²) in [5.74, 6) is -0.198. The lowest BCUT2D eigenvalue weighted by molar-refractivity contribution is -0.120. The molecule has 3 N–H and O–H groups in total. The van der Waals surface area contributed by atoms with Gasteiger partial charge >= 0.3 is 0 Å². The Bertz CT molecular complexity index is 570. The topological polar surface area (TPSA) is 92.5 Å². The van der Waals surface area contributed by atoms with Crippen molar-refractivity contribution in [1.82, 2.24) is 9.62 Å². The minimum atomic E-state index is -3.60. The summed E-state index contributed by atoms with van der Waals surface area (Å²) in [6.45, 7) is 1.92. The van der Waals surface area contributed by atoms with Crippen LogP contribution < -0.4 is 11.1 Å². The van der Waals surface area contributed by atoms with Gasteiger partial charge in [-0.2, -0.15) is 0 Å². The van der Waals surface area contributed by atoms with Crippen molar-refractivity contribution < 1.29 is 13.2 Å². The fraction of sp³-hybridized carbons (Fsp3) is 0.462. The van der Waals surface area contributed by atoms with Crippen molar-refractivity contribution in [2.45, 2.75) is 24.3 Å². The van der Waals surface area contributed by atoms with Crippen LogP contribution in [0.5, 0.6) is 0 Å². The first-order valence-corrected chi connectivity index (χ1v) is 7.75. The van der Waals surface area contributed by atoms with Gasteiger partial charge in [-0.3, -0.25) is 4.79 Å². The zero-order chi connectivity index (χ0) is 15.3. The van der Waals surface area contributed by atoms with E-state index < -0.39 is 10.0 Å². The van der Waals surface area contributed by atoms with Crippen molar-refractivity contribution in [1.29, 1.82) is 0 Å². The van der Waals surface area contributed by atoms with E-state index in [1.165, 1.54) is 24.5 Å². The molecule has 0 aromatic heterocycles. The van der Waals surface area contributed by atoms with Gasteiger partial charge in [0.05, 0.1) is 4.90 Å². The molecule has 6 nitrogen and oxygen atoms in total. The largest absolute Gasteiger partial charge is 0.359 e. The van der Waals surface area contributed by atoms with Crippen LogP contribution >= 0.6 is 0 Å². The third-order valence-electron chi connectivity index (χ3n) is 3.02. The van der Waals surface area contributed by atoms with Crippen LogP contribution in [0.1, 0.15) is 24.9 Å². The van der Waals surface area contributed by atoms with Crippen LogP contribution in [0, 0.1) is 0 Å². The predicted octanol–water partition coefficient (Wildman–Crippen LogP) is 0.463. The van der Waals surface area contributed by atoms with Crippen LogP contribution in [0.2, 0.25) is 0 Å². The van der Waals surface area contributed by atoms with Gasteiger partial charge in [-0.1, -0.05) is 12.1 Å². The second kappa shape index (κ2) is 6.83. The van der Waals surface area contributed by atoms with E-state index in [2.05, 4.69) is 5.32 Å². The summed E-state index contributed by atoms with van der Waals surface area (Å²) in [6, 6.07) is 6.31. The summed E-state index contributed by atoms with van der Waals surface area (Å²) in [7, 11) is -0.629. The van der Waals surface area contributed by atoms with Gasteiger partial charge in [0.15, 0.2) is 0 Å². The molecular formula is C13H21N3O3S. The molecular weight excluding hydrogens is 278 g/mol. The highest BCUT2D eigenvalue weighted by Crippen LogP contribution is 2.19. The number of carbonyl (C=O) groups is 1. The zero-order valence-electron chi connectivity index (χ0n) is 12.0. The monoisotopic (exact) mass is 299 g/mol. The van der Waals surface area contributed by atoms with Crippen LogP contribution in [0.3, 0.4) is 0 Å². The summed E-state index contributed by atoms with van der Waals surface area (Å²) >= 11 is 0. The van der Waals surface area contributed by atoms with Crippen molar-refractivity contribution in [2.24, 2.45) is 5.73 Å². The Labute approximate surface area is 120 Å². The van der Waals surface area contributed by atoms with E-state index in [-0.39, 0.29) is 29.8 Å². The zero-order valence-corrected chi connectivity index (χ0v) is 12.8. The highest BCUT2D eigenvalue weighted by atomic mass is 32.2. The smallest absolute Gasteiger partial charge is 0.242 e. The molecule has 0 aliphatic heterocycles. The van der Waals surface area contributed by atoms with Crippen LogP contribution in [0.4, 0.5) is 0 Å². The minimum Gasteiger partial charge on any atom is -0.359 e. The number of benzene rings is 1. The Morgan fingerprint density at radius 1 is 1.45 bits per heavy atom. The summed E-state index contributed by atoms with van der Waals surface area (Å²) in [5.41, 5.74) is 6.51. The number of carbonyl (C=O) groups excluding carboxylic acids is 1. The fourth-order valence-corrected chi connectivity index (χ4v) is 2.87. The first kappa shape index (κ1) is 16.6. The molecule has 7 heteroatoms. The Hall–Kier alpha value is -1.44. The van der Waals surface area contributed by atoms with Gasteiger partial charge in [-0.15, -0.1) is 0 Å². The number of sulfonamides is 1. The number of nitrogens with zero attached hydrogens (tertiary/aromatic N) is 1. The number of nitrogens with two attached hydrogens (primary N) is 1. The molecule has 0 heterocycles. The van der Waals surface area contributed by atoms with Crippen LogP contribution in [0.25, 0.3) is 0 Å². The van der Waals surface area contributed by atoms with E-state index in [4.69, 9.17) is 5.73 Å². The Kier molecular flexibility index (Phi) is 5.67. The molecule has 1 aromatic rings. The Morgan fingerprint density at radius 3 is 2.65 bits per heavy atom. The minimum absolute atomic E-state index is 0.124. The van der Waals surface area contributed by atoms with Crippen molar-refractivity contribution in [2.75, 3.05) is 20.6 Å². The second-order valence-electron chi connectivity index (χ2n) is 4.61. The van der Waals surface area contributed by atoms with E-state index >= 15 is 0 Å². The molecule has 1 amide bonds.